The molecule has 1 aromatic rings. The van der Waals surface area contributed by atoms with E-state index >= 15 is 0 Å². The van der Waals surface area contributed by atoms with E-state index < -0.39 is 5.83 Å². The molecule has 0 aliphatic heterocycles. The zero-order valence-electron chi connectivity index (χ0n) is 18.4. The van der Waals surface area contributed by atoms with Gasteiger partial charge in [0.25, 0.3) is 0 Å². The Kier molecular flexibility index (Phi) is 8.94. The molecular formula is C28H36FN. The molecule has 1 nitrogen and oxygen atoms in total. The van der Waals surface area contributed by atoms with E-state index in [0.29, 0.717) is 11.8 Å². The van der Waals surface area contributed by atoms with Crippen molar-refractivity contribution in [3.05, 3.63) is 71.6 Å². The van der Waals surface area contributed by atoms with Gasteiger partial charge in [0, 0.05) is 0 Å². The minimum absolute atomic E-state index is 0.525. The van der Waals surface area contributed by atoms with Crippen LogP contribution in [0, 0.1) is 29.1 Å². The molecule has 30 heavy (non-hydrogen) atoms. The molecule has 2 heteroatoms. The summed E-state index contributed by atoms with van der Waals surface area (Å²) in [7, 11) is 0. The van der Waals surface area contributed by atoms with E-state index in [1.54, 1.807) is 6.08 Å². The van der Waals surface area contributed by atoms with Crippen molar-refractivity contribution in [3.8, 4) is 6.07 Å². The van der Waals surface area contributed by atoms with Crippen molar-refractivity contribution in [2.45, 2.75) is 77.0 Å². The van der Waals surface area contributed by atoms with Crippen molar-refractivity contribution in [2.24, 2.45) is 17.8 Å². The van der Waals surface area contributed by atoms with Gasteiger partial charge in [-0.3, -0.25) is 0 Å². The molecule has 2 aliphatic rings. The fourth-order valence-electron chi connectivity index (χ4n) is 5.07. The summed E-state index contributed by atoms with van der Waals surface area (Å²) in [5.74, 6) is 2.00. The molecule has 160 valence electrons. The van der Waals surface area contributed by atoms with Crippen molar-refractivity contribution < 1.29 is 4.39 Å². The number of benzene rings is 1. The second-order valence-electron chi connectivity index (χ2n) is 9.17. The first-order chi connectivity index (χ1) is 14.7. The van der Waals surface area contributed by atoms with Crippen LogP contribution in [0.3, 0.4) is 0 Å². The van der Waals surface area contributed by atoms with E-state index in [9.17, 15) is 4.39 Å². The molecule has 0 radical (unpaired) electrons. The van der Waals surface area contributed by atoms with Gasteiger partial charge < -0.3 is 0 Å². The van der Waals surface area contributed by atoms with Crippen LogP contribution in [0.25, 0.3) is 0 Å². The molecule has 2 aliphatic carbocycles. The van der Waals surface area contributed by atoms with Gasteiger partial charge in [0.05, 0.1) is 0 Å². The largest absolute Gasteiger partial charge is 0.199 e. The monoisotopic (exact) mass is 405 g/mol. The van der Waals surface area contributed by atoms with Crippen LogP contribution in [-0.4, -0.2) is 0 Å². The lowest BCUT2D eigenvalue weighted by atomic mass is 9.77. The highest BCUT2D eigenvalue weighted by molar-refractivity contribution is 5.26. The van der Waals surface area contributed by atoms with Gasteiger partial charge in [-0.15, -0.1) is 0 Å². The fraction of sp³-hybridized carbons (Fsp3) is 0.536. The zero-order chi connectivity index (χ0) is 21.2. The van der Waals surface area contributed by atoms with E-state index in [4.69, 9.17) is 5.26 Å². The quantitative estimate of drug-likeness (QED) is 0.255. The molecule has 0 heterocycles. The molecule has 0 bridgehead atoms. The van der Waals surface area contributed by atoms with Gasteiger partial charge >= 0.3 is 0 Å². The molecule has 0 unspecified atom stereocenters. The summed E-state index contributed by atoms with van der Waals surface area (Å²) in [6, 6.07) is 10.9. The molecule has 2 fully saturated rings. The van der Waals surface area contributed by atoms with Gasteiger partial charge in [-0.2, -0.15) is 9.65 Å². The van der Waals surface area contributed by atoms with Crippen LogP contribution in [0.4, 0.5) is 4.39 Å². The lowest BCUT2D eigenvalue weighted by Gasteiger charge is -2.28. The maximum atomic E-state index is 12.8. The number of aryl methyl sites for hydroxylation is 1. The topological polar surface area (TPSA) is 23.8 Å². The number of rotatable bonds is 7. The summed E-state index contributed by atoms with van der Waals surface area (Å²) < 4.78 is 12.8. The maximum absolute atomic E-state index is 12.8. The molecule has 1 aromatic carbocycles. The average molecular weight is 406 g/mol. The molecule has 0 atom stereocenters. The summed E-state index contributed by atoms with van der Waals surface area (Å²) in [5.41, 5.74) is 3.00. The molecular weight excluding hydrogens is 369 g/mol. The van der Waals surface area contributed by atoms with Crippen molar-refractivity contribution in [3.63, 3.8) is 0 Å². The van der Waals surface area contributed by atoms with Crippen LogP contribution in [0.15, 0.2) is 60.5 Å². The second-order valence-corrected chi connectivity index (χ2v) is 9.17. The summed E-state index contributed by atoms with van der Waals surface area (Å²) >= 11 is 0. The van der Waals surface area contributed by atoms with E-state index in [0.717, 1.165) is 24.7 Å². The summed E-state index contributed by atoms with van der Waals surface area (Å²) in [6.45, 7) is 2.24. The highest BCUT2D eigenvalue weighted by Crippen LogP contribution is 2.37. The van der Waals surface area contributed by atoms with Crippen molar-refractivity contribution >= 4 is 0 Å². The molecule has 0 N–H and O–H groups in total. The van der Waals surface area contributed by atoms with E-state index in [2.05, 4.69) is 49.4 Å². The molecule has 2 saturated carbocycles. The smallest absolute Gasteiger partial charge is 0.195 e. The normalized spacial score (nSPS) is 28.1. The second kappa shape index (κ2) is 11.9. The van der Waals surface area contributed by atoms with Crippen LogP contribution in [0.1, 0.15) is 81.8 Å². The van der Waals surface area contributed by atoms with Crippen LogP contribution < -0.4 is 0 Å². The van der Waals surface area contributed by atoms with Crippen LogP contribution in [-0.2, 0) is 6.42 Å². The van der Waals surface area contributed by atoms with E-state index in [1.807, 2.05) is 0 Å². The summed E-state index contributed by atoms with van der Waals surface area (Å²) in [4.78, 5) is 0. The fourth-order valence-corrected chi connectivity index (χ4v) is 5.07. The lowest BCUT2D eigenvalue weighted by Crippen LogP contribution is -2.14. The molecule has 0 spiro atoms. The maximum Gasteiger partial charge on any atom is 0.199 e. The number of nitrogens with zero attached hydrogens (tertiary/aromatic N) is 1. The first kappa shape index (κ1) is 22.5. The van der Waals surface area contributed by atoms with Gasteiger partial charge in [-0.25, -0.2) is 0 Å². The molecule has 3 rings (SSSR count). The standard InChI is InChI=1S/C28H36FN/c1-2-4-22-13-17-26(18-14-22)27-19-15-25(16-20-27)12-11-24-9-7-23(8-10-24)5-3-6-28(29)21-30/h3,5-6,11-14,17-18,23-25,27H,2,4,7-10,15-16,19-20H2,1H3. The average Bonchev–Trinajstić information content (AvgIpc) is 2.79. The van der Waals surface area contributed by atoms with Crippen molar-refractivity contribution in [2.75, 3.05) is 0 Å². The first-order valence-electron chi connectivity index (χ1n) is 11.9. The Hall–Kier alpha value is -2.14. The third-order valence-corrected chi connectivity index (χ3v) is 6.97. The van der Waals surface area contributed by atoms with Gasteiger partial charge in [-0.05, 0) is 98.7 Å². The number of nitriles is 1. The predicted molar refractivity (Wildman–Crippen MR) is 124 cm³/mol. The number of allylic oxidation sites excluding steroid dienone is 6. The Labute approximate surface area is 182 Å². The third kappa shape index (κ3) is 6.98. The lowest BCUT2D eigenvalue weighted by molar-refractivity contribution is 0.348. The minimum Gasteiger partial charge on any atom is -0.195 e. The van der Waals surface area contributed by atoms with E-state index in [-0.39, 0.29) is 0 Å². The third-order valence-electron chi connectivity index (χ3n) is 6.97. The Morgan fingerprint density at radius 2 is 1.43 bits per heavy atom. The molecule has 0 amide bonds. The first-order valence-corrected chi connectivity index (χ1v) is 11.9. The van der Waals surface area contributed by atoms with Crippen molar-refractivity contribution in [1.29, 1.82) is 5.26 Å². The number of hydrogen-bond donors (Lipinski definition) is 0. The Balaban J connectivity index is 1.38. The van der Waals surface area contributed by atoms with Crippen LogP contribution in [0.2, 0.25) is 0 Å². The highest BCUT2D eigenvalue weighted by Gasteiger charge is 2.22. The Morgan fingerprint density at radius 3 is 1.97 bits per heavy atom. The van der Waals surface area contributed by atoms with Crippen molar-refractivity contribution in [1.82, 2.24) is 0 Å². The SMILES string of the molecule is CCCc1ccc(C2CCC(C=CC3CCC(C=CC=C(F)C#N)CC3)CC2)cc1. The van der Waals surface area contributed by atoms with Crippen LogP contribution in [0.5, 0.6) is 0 Å². The van der Waals surface area contributed by atoms with Crippen LogP contribution >= 0.6 is 0 Å². The Morgan fingerprint density at radius 1 is 0.900 bits per heavy atom. The zero-order valence-corrected chi connectivity index (χ0v) is 18.4. The van der Waals surface area contributed by atoms with Gasteiger partial charge in [0.15, 0.2) is 5.83 Å². The van der Waals surface area contributed by atoms with Gasteiger partial charge in [0.1, 0.15) is 6.07 Å². The summed E-state index contributed by atoms with van der Waals surface area (Å²) in [6.07, 6.45) is 22.4. The number of hydrogen-bond acceptors (Lipinski definition) is 1. The number of halogens is 1. The molecule has 0 saturated heterocycles. The predicted octanol–water partition coefficient (Wildman–Crippen LogP) is 8.21. The highest BCUT2D eigenvalue weighted by atomic mass is 19.1. The van der Waals surface area contributed by atoms with Gasteiger partial charge in [0.2, 0.25) is 0 Å². The minimum atomic E-state index is -0.717. The summed E-state index contributed by atoms with van der Waals surface area (Å²) in [5, 5.41) is 8.44. The Bertz CT molecular complexity index is 764. The van der Waals surface area contributed by atoms with E-state index in [1.165, 1.54) is 74.6 Å². The molecule has 0 aromatic heterocycles. The van der Waals surface area contributed by atoms with Gasteiger partial charge in [-0.1, -0.05) is 61.9 Å².